The van der Waals surface area contributed by atoms with E-state index >= 15 is 0 Å². The Labute approximate surface area is 124 Å². The number of hydrogen-bond donors (Lipinski definition) is 2. The summed E-state index contributed by atoms with van der Waals surface area (Å²) in [5.74, 6) is -0.375. The maximum atomic E-state index is 11.5. The van der Waals surface area contributed by atoms with Crippen LogP contribution in [0.25, 0.3) is 6.08 Å². The molecule has 0 aliphatic heterocycles. The molecule has 0 radical (unpaired) electrons. The Morgan fingerprint density at radius 2 is 2.19 bits per heavy atom. The molecule has 114 valence electrons. The van der Waals surface area contributed by atoms with Gasteiger partial charge in [0.05, 0.1) is 5.92 Å². The average Bonchev–Trinajstić information content (AvgIpc) is 2.43. The molecule has 0 spiro atoms. The van der Waals surface area contributed by atoms with Crippen molar-refractivity contribution in [1.82, 2.24) is 10.3 Å². The highest BCUT2D eigenvalue weighted by molar-refractivity contribution is 5.85. The molecule has 0 aromatic carbocycles. The zero-order chi connectivity index (χ0) is 16.0. The van der Waals surface area contributed by atoms with Crippen LogP contribution in [0.4, 0.5) is 5.82 Å². The highest BCUT2D eigenvalue weighted by atomic mass is 16.4. The van der Waals surface area contributed by atoms with Gasteiger partial charge in [0.2, 0.25) is 5.91 Å². The van der Waals surface area contributed by atoms with E-state index in [-0.39, 0.29) is 11.8 Å². The Kier molecular flexibility index (Phi) is 5.90. The molecule has 0 aliphatic rings. The number of anilines is 1. The smallest absolute Gasteiger partial charge is 0.328 e. The normalized spacial score (nSPS) is 12.2. The lowest BCUT2D eigenvalue weighted by Gasteiger charge is -2.23. The number of carbonyl (C=O) groups excluding carboxylic acids is 1. The molecule has 0 aliphatic carbocycles. The molecule has 1 amide bonds. The van der Waals surface area contributed by atoms with Gasteiger partial charge >= 0.3 is 5.97 Å². The van der Waals surface area contributed by atoms with Crippen molar-refractivity contribution in [1.29, 1.82) is 0 Å². The highest BCUT2D eigenvalue weighted by Crippen LogP contribution is 2.18. The SMILES string of the molecule is CNC(=O)C(C)CN(C)c1ncc(/C=C/C(=O)O)cc1C. The number of nitrogens with zero attached hydrogens (tertiary/aromatic N) is 2. The number of rotatable bonds is 6. The summed E-state index contributed by atoms with van der Waals surface area (Å²) < 4.78 is 0. The number of aliphatic carboxylic acids is 1. The number of amides is 1. The molecule has 1 atom stereocenters. The third-order valence-corrected chi connectivity index (χ3v) is 3.09. The van der Waals surface area contributed by atoms with E-state index in [2.05, 4.69) is 10.3 Å². The van der Waals surface area contributed by atoms with E-state index < -0.39 is 5.97 Å². The number of aromatic nitrogens is 1. The molecule has 0 bridgehead atoms. The van der Waals surface area contributed by atoms with Gasteiger partial charge in [0.1, 0.15) is 5.82 Å². The van der Waals surface area contributed by atoms with Crippen LogP contribution in [-0.4, -0.2) is 42.6 Å². The third kappa shape index (κ3) is 4.91. The zero-order valence-electron chi connectivity index (χ0n) is 12.8. The van der Waals surface area contributed by atoms with Crippen LogP contribution in [0, 0.1) is 12.8 Å². The summed E-state index contributed by atoms with van der Waals surface area (Å²) >= 11 is 0. The second kappa shape index (κ2) is 7.42. The summed E-state index contributed by atoms with van der Waals surface area (Å²) in [5.41, 5.74) is 1.65. The van der Waals surface area contributed by atoms with E-state index in [1.807, 2.05) is 31.9 Å². The largest absolute Gasteiger partial charge is 0.478 e. The van der Waals surface area contributed by atoms with Gasteiger partial charge in [-0.1, -0.05) is 6.92 Å². The number of nitrogens with one attached hydrogen (secondary N) is 1. The number of pyridine rings is 1. The quantitative estimate of drug-likeness (QED) is 0.772. The van der Waals surface area contributed by atoms with Crippen LogP contribution >= 0.6 is 0 Å². The third-order valence-electron chi connectivity index (χ3n) is 3.09. The fourth-order valence-corrected chi connectivity index (χ4v) is 2.07. The van der Waals surface area contributed by atoms with Gasteiger partial charge < -0.3 is 15.3 Å². The van der Waals surface area contributed by atoms with Gasteiger partial charge in [0, 0.05) is 32.9 Å². The Morgan fingerprint density at radius 3 is 2.71 bits per heavy atom. The zero-order valence-corrected chi connectivity index (χ0v) is 12.8. The van der Waals surface area contributed by atoms with Crippen LogP contribution < -0.4 is 10.2 Å². The van der Waals surface area contributed by atoms with Crippen molar-refractivity contribution in [2.24, 2.45) is 5.92 Å². The monoisotopic (exact) mass is 291 g/mol. The summed E-state index contributed by atoms with van der Waals surface area (Å²) in [6, 6.07) is 1.86. The van der Waals surface area contributed by atoms with Crippen LogP contribution in [0.2, 0.25) is 0 Å². The van der Waals surface area contributed by atoms with Gasteiger partial charge in [0.25, 0.3) is 0 Å². The van der Waals surface area contributed by atoms with Gasteiger partial charge in [-0.05, 0) is 30.2 Å². The molecule has 6 nitrogen and oxygen atoms in total. The van der Waals surface area contributed by atoms with E-state index in [1.165, 1.54) is 6.08 Å². The molecule has 1 aromatic heterocycles. The van der Waals surface area contributed by atoms with Gasteiger partial charge in [0.15, 0.2) is 0 Å². The van der Waals surface area contributed by atoms with E-state index in [0.29, 0.717) is 6.54 Å². The maximum absolute atomic E-state index is 11.5. The first kappa shape index (κ1) is 16.7. The van der Waals surface area contributed by atoms with Gasteiger partial charge in [-0.3, -0.25) is 4.79 Å². The van der Waals surface area contributed by atoms with Crippen molar-refractivity contribution in [3.63, 3.8) is 0 Å². The highest BCUT2D eigenvalue weighted by Gasteiger charge is 2.15. The molecule has 21 heavy (non-hydrogen) atoms. The molecule has 1 unspecified atom stereocenters. The Morgan fingerprint density at radius 1 is 1.52 bits per heavy atom. The first-order valence-corrected chi connectivity index (χ1v) is 6.65. The van der Waals surface area contributed by atoms with Crippen molar-refractivity contribution in [2.75, 3.05) is 25.5 Å². The summed E-state index contributed by atoms with van der Waals surface area (Å²) in [6.07, 6.45) is 4.19. The molecule has 2 N–H and O–H groups in total. The first-order valence-electron chi connectivity index (χ1n) is 6.65. The molecule has 0 saturated heterocycles. The van der Waals surface area contributed by atoms with Crippen molar-refractivity contribution in [3.8, 4) is 0 Å². The van der Waals surface area contributed by atoms with Crippen LogP contribution in [-0.2, 0) is 9.59 Å². The predicted octanol–water partition coefficient (Wildman–Crippen LogP) is 1.31. The van der Waals surface area contributed by atoms with Crippen molar-refractivity contribution in [3.05, 3.63) is 29.5 Å². The Bertz CT molecular complexity index is 555. The molecule has 0 saturated carbocycles. The fourth-order valence-electron chi connectivity index (χ4n) is 2.07. The van der Waals surface area contributed by atoms with Crippen LogP contribution in [0.1, 0.15) is 18.1 Å². The molecule has 1 aromatic rings. The fraction of sp³-hybridized carbons (Fsp3) is 0.400. The lowest BCUT2D eigenvalue weighted by molar-refractivity contribution is -0.131. The van der Waals surface area contributed by atoms with Gasteiger partial charge in [-0.15, -0.1) is 0 Å². The van der Waals surface area contributed by atoms with E-state index in [1.54, 1.807) is 13.2 Å². The van der Waals surface area contributed by atoms with Crippen molar-refractivity contribution >= 4 is 23.8 Å². The number of carboxylic acids is 1. The minimum absolute atomic E-state index is 0.0134. The first-order chi connectivity index (χ1) is 9.85. The second-order valence-corrected chi connectivity index (χ2v) is 4.98. The van der Waals surface area contributed by atoms with E-state index in [4.69, 9.17) is 5.11 Å². The summed E-state index contributed by atoms with van der Waals surface area (Å²) in [6.45, 7) is 4.31. The maximum Gasteiger partial charge on any atom is 0.328 e. The Balaban J connectivity index is 2.84. The standard InChI is InChI=1S/C15H21N3O3/c1-10-7-12(5-6-13(19)20)8-17-14(10)18(4)9-11(2)15(21)16-3/h5-8,11H,9H2,1-4H3,(H,16,21)(H,19,20)/b6-5+. The van der Waals surface area contributed by atoms with Gasteiger partial charge in [-0.2, -0.15) is 0 Å². The number of aryl methyl sites for hydroxylation is 1. The van der Waals surface area contributed by atoms with Crippen LogP contribution in [0.5, 0.6) is 0 Å². The van der Waals surface area contributed by atoms with Gasteiger partial charge in [-0.25, -0.2) is 9.78 Å². The van der Waals surface area contributed by atoms with Crippen LogP contribution in [0.3, 0.4) is 0 Å². The summed E-state index contributed by atoms with van der Waals surface area (Å²) in [7, 11) is 3.49. The molecular formula is C15H21N3O3. The number of hydrogen-bond acceptors (Lipinski definition) is 4. The minimum atomic E-state index is -0.992. The summed E-state index contributed by atoms with van der Waals surface area (Å²) in [4.78, 5) is 28.3. The minimum Gasteiger partial charge on any atom is -0.478 e. The predicted molar refractivity (Wildman–Crippen MR) is 82.1 cm³/mol. The molecule has 1 rings (SSSR count). The molecule has 1 heterocycles. The topological polar surface area (TPSA) is 82.5 Å². The summed E-state index contributed by atoms with van der Waals surface area (Å²) in [5, 5.41) is 11.2. The molecule has 0 fully saturated rings. The number of carbonyl (C=O) groups is 2. The number of carboxylic acid groups (broad SMARTS) is 1. The lowest BCUT2D eigenvalue weighted by Crippen LogP contribution is -2.34. The lowest BCUT2D eigenvalue weighted by atomic mass is 10.1. The molecular weight excluding hydrogens is 270 g/mol. The second-order valence-electron chi connectivity index (χ2n) is 4.98. The van der Waals surface area contributed by atoms with Crippen LogP contribution in [0.15, 0.2) is 18.3 Å². The van der Waals surface area contributed by atoms with E-state index in [0.717, 1.165) is 23.0 Å². The average molecular weight is 291 g/mol. The van der Waals surface area contributed by atoms with Crippen molar-refractivity contribution in [2.45, 2.75) is 13.8 Å². The van der Waals surface area contributed by atoms with Crippen molar-refractivity contribution < 1.29 is 14.7 Å². The Hall–Kier alpha value is -2.37. The van der Waals surface area contributed by atoms with E-state index in [9.17, 15) is 9.59 Å². The molecule has 6 heteroatoms.